The first-order chi connectivity index (χ1) is 13.7. The predicted octanol–water partition coefficient (Wildman–Crippen LogP) is 7.24. The van der Waals surface area contributed by atoms with Crippen LogP contribution in [-0.4, -0.2) is 12.6 Å². The Morgan fingerprint density at radius 3 is 2.50 bits per heavy atom. The Balaban J connectivity index is 1.41. The SMILES string of the molecule is Clc1ccc(Oc2ccc3c(c2)[C@H]2OCC[C@H]2[C@@H](C2CCCCC2)N3)cc1Cl. The van der Waals surface area contributed by atoms with Crippen molar-refractivity contribution in [3.05, 3.63) is 52.0 Å². The van der Waals surface area contributed by atoms with Gasteiger partial charge in [-0.05, 0) is 55.5 Å². The summed E-state index contributed by atoms with van der Waals surface area (Å²) in [6, 6.07) is 12.1. The molecule has 3 nitrogen and oxygen atoms in total. The number of anilines is 1. The Bertz CT molecular complexity index is 866. The summed E-state index contributed by atoms with van der Waals surface area (Å²) in [7, 11) is 0. The van der Waals surface area contributed by atoms with Crippen LogP contribution >= 0.6 is 23.2 Å². The Morgan fingerprint density at radius 2 is 1.68 bits per heavy atom. The van der Waals surface area contributed by atoms with Crippen LogP contribution in [0.25, 0.3) is 0 Å². The van der Waals surface area contributed by atoms with Crippen LogP contribution in [0.3, 0.4) is 0 Å². The maximum atomic E-state index is 6.21. The summed E-state index contributed by atoms with van der Waals surface area (Å²) in [5.74, 6) is 2.80. The van der Waals surface area contributed by atoms with Crippen LogP contribution in [-0.2, 0) is 4.74 Å². The molecular formula is C23H25Cl2NO2. The zero-order valence-corrected chi connectivity index (χ0v) is 17.3. The number of nitrogens with one attached hydrogen (secondary N) is 1. The third-order valence-corrected chi connectivity index (χ3v) is 7.27. The van der Waals surface area contributed by atoms with Gasteiger partial charge in [0, 0.05) is 35.9 Å². The molecule has 3 atom stereocenters. The fraction of sp³-hybridized carbons (Fsp3) is 0.478. The third-order valence-electron chi connectivity index (χ3n) is 6.53. The summed E-state index contributed by atoms with van der Waals surface area (Å²) in [6.45, 7) is 0.845. The molecule has 2 aliphatic heterocycles. The van der Waals surface area contributed by atoms with E-state index < -0.39 is 0 Å². The summed E-state index contributed by atoms with van der Waals surface area (Å²) >= 11 is 12.1. The first-order valence-corrected chi connectivity index (χ1v) is 11.1. The second-order valence-corrected chi connectivity index (χ2v) is 9.05. The normalized spacial score (nSPS) is 27.0. The molecular weight excluding hydrogens is 393 g/mol. The number of halogens is 2. The van der Waals surface area contributed by atoms with Crippen molar-refractivity contribution in [2.24, 2.45) is 11.8 Å². The zero-order chi connectivity index (χ0) is 19.1. The minimum absolute atomic E-state index is 0.167. The lowest BCUT2D eigenvalue weighted by molar-refractivity contribution is 0.0730. The number of fused-ring (bicyclic) bond motifs is 3. The van der Waals surface area contributed by atoms with Gasteiger partial charge in [-0.3, -0.25) is 0 Å². The molecule has 1 aliphatic carbocycles. The first kappa shape index (κ1) is 18.6. The molecule has 0 unspecified atom stereocenters. The molecule has 2 aromatic rings. The van der Waals surface area contributed by atoms with Crippen LogP contribution in [0.2, 0.25) is 10.0 Å². The van der Waals surface area contributed by atoms with E-state index in [-0.39, 0.29) is 6.10 Å². The van der Waals surface area contributed by atoms with Gasteiger partial charge in [-0.2, -0.15) is 0 Å². The van der Waals surface area contributed by atoms with E-state index in [2.05, 4.69) is 17.4 Å². The monoisotopic (exact) mass is 417 g/mol. The second-order valence-electron chi connectivity index (χ2n) is 8.24. The van der Waals surface area contributed by atoms with Crippen LogP contribution in [0.4, 0.5) is 5.69 Å². The van der Waals surface area contributed by atoms with Crippen molar-refractivity contribution >= 4 is 28.9 Å². The molecule has 0 amide bonds. The molecule has 5 rings (SSSR count). The molecule has 28 heavy (non-hydrogen) atoms. The molecule has 2 heterocycles. The molecule has 0 spiro atoms. The van der Waals surface area contributed by atoms with Crippen molar-refractivity contribution in [2.75, 3.05) is 11.9 Å². The van der Waals surface area contributed by atoms with Gasteiger partial charge in [0.15, 0.2) is 0 Å². The third kappa shape index (κ3) is 3.49. The molecule has 0 aromatic heterocycles. The van der Waals surface area contributed by atoms with Gasteiger partial charge in [0.05, 0.1) is 16.1 Å². The number of hydrogen-bond donors (Lipinski definition) is 1. The Kier molecular flexibility index (Phi) is 5.17. The molecule has 0 bridgehead atoms. The smallest absolute Gasteiger partial charge is 0.129 e. The molecule has 2 fully saturated rings. The standard InChI is InChI=1S/C23H25Cl2NO2/c24-19-8-6-16(13-20(19)25)28-15-7-9-21-18(12-15)23-17(10-11-27-23)22(26-21)14-4-2-1-3-5-14/h6-9,12-14,17,22-23,26H,1-5,10-11H2/t17-,22+,23-/m0/s1. The van der Waals surface area contributed by atoms with E-state index >= 15 is 0 Å². The molecule has 1 N–H and O–H groups in total. The average molecular weight is 418 g/mol. The summed E-state index contributed by atoms with van der Waals surface area (Å²) in [5, 5.41) is 4.89. The van der Waals surface area contributed by atoms with E-state index in [1.54, 1.807) is 12.1 Å². The van der Waals surface area contributed by atoms with Gasteiger partial charge in [-0.25, -0.2) is 0 Å². The van der Waals surface area contributed by atoms with Gasteiger partial charge in [-0.1, -0.05) is 42.5 Å². The summed E-state index contributed by atoms with van der Waals surface area (Å²) in [4.78, 5) is 0. The summed E-state index contributed by atoms with van der Waals surface area (Å²) in [6.07, 6.45) is 8.11. The molecule has 3 aliphatic rings. The maximum Gasteiger partial charge on any atom is 0.129 e. The lowest BCUT2D eigenvalue weighted by Gasteiger charge is -2.42. The van der Waals surface area contributed by atoms with Crippen LogP contribution < -0.4 is 10.1 Å². The van der Waals surface area contributed by atoms with Crippen molar-refractivity contribution in [1.82, 2.24) is 0 Å². The number of rotatable bonds is 3. The summed E-state index contributed by atoms with van der Waals surface area (Å²) < 4.78 is 12.3. The molecule has 148 valence electrons. The number of hydrogen-bond acceptors (Lipinski definition) is 3. The van der Waals surface area contributed by atoms with Crippen molar-refractivity contribution in [3.63, 3.8) is 0 Å². The highest BCUT2D eigenvalue weighted by Crippen LogP contribution is 2.49. The average Bonchev–Trinajstić information content (AvgIpc) is 3.21. The molecule has 1 saturated heterocycles. The van der Waals surface area contributed by atoms with Crippen molar-refractivity contribution in [2.45, 2.75) is 50.7 Å². The number of ether oxygens (including phenoxy) is 2. The molecule has 1 saturated carbocycles. The highest BCUT2D eigenvalue weighted by Gasteiger charge is 2.44. The second kappa shape index (κ2) is 7.78. The Labute approximate surface area is 176 Å². The largest absolute Gasteiger partial charge is 0.457 e. The van der Waals surface area contributed by atoms with Crippen LogP contribution in [0.1, 0.15) is 50.2 Å². The molecule has 2 aromatic carbocycles. The first-order valence-electron chi connectivity index (χ1n) is 10.3. The van der Waals surface area contributed by atoms with Crippen LogP contribution in [0.15, 0.2) is 36.4 Å². The van der Waals surface area contributed by atoms with Gasteiger partial charge in [-0.15, -0.1) is 0 Å². The van der Waals surface area contributed by atoms with Gasteiger partial charge >= 0.3 is 0 Å². The predicted molar refractivity (Wildman–Crippen MR) is 114 cm³/mol. The van der Waals surface area contributed by atoms with E-state index in [4.69, 9.17) is 32.7 Å². The topological polar surface area (TPSA) is 30.5 Å². The summed E-state index contributed by atoms with van der Waals surface area (Å²) in [5.41, 5.74) is 2.41. The van der Waals surface area contributed by atoms with Crippen LogP contribution in [0.5, 0.6) is 11.5 Å². The fourth-order valence-corrected chi connectivity index (χ4v) is 5.48. The van der Waals surface area contributed by atoms with E-state index in [9.17, 15) is 0 Å². The lowest BCUT2D eigenvalue weighted by atomic mass is 9.73. The van der Waals surface area contributed by atoms with Crippen LogP contribution in [0, 0.1) is 11.8 Å². The van der Waals surface area contributed by atoms with E-state index in [1.165, 1.54) is 43.4 Å². The van der Waals surface area contributed by atoms with Gasteiger partial charge < -0.3 is 14.8 Å². The maximum absolute atomic E-state index is 6.21. The van der Waals surface area contributed by atoms with Gasteiger partial charge in [0.1, 0.15) is 11.5 Å². The molecule has 0 radical (unpaired) electrons. The van der Waals surface area contributed by atoms with Crippen molar-refractivity contribution in [1.29, 1.82) is 0 Å². The number of benzene rings is 2. The van der Waals surface area contributed by atoms with E-state index in [0.29, 0.717) is 27.8 Å². The van der Waals surface area contributed by atoms with E-state index in [0.717, 1.165) is 24.7 Å². The highest BCUT2D eigenvalue weighted by atomic mass is 35.5. The van der Waals surface area contributed by atoms with Crippen molar-refractivity contribution in [3.8, 4) is 11.5 Å². The minimum atomic E-state index is 0.167. The van der Waals surface area contributed by atoms with Crippen molar-refractivity contribution < 1.29 is 9.47 Å². The fourth-order valence-electron chi connectivity index (χ4n) is 5.19. The zero-order valence-electron chi connectivity index (χ0n) is 15.8. The van der Waals surface area contributed by atoms with E-state index in [1.807, 2.05) is 12.1 Å². The van der Waals surface area contributed by atoms with Gasteiger partial charge in [0.2, 0.25) is 0 Å². The lowest BCUT2D eigenvalue weighted by Crippen LogP contribution is -2.42. The van der Waals surface area contributed by atoms with Gasteiger partial charge in [0.25, 0.3) is 0 Å². The minimum Gasteiger partial charge on any atom is -0.457 e. The quantitative estimate of drug-likeness (QED) is 0.570. The Morgan fingerprint density at radius 1 is 0.893 bits per heavy atom. The highest BCUT2D eigenvalue weighted by molar-refractivity contribution is 6.42. The Hall–Kier alpha value is -1.42. The molecule has 5 heteroatoms.